The highest BCUT2D eigenvalue weighted by Gasteiger charge is 2.29. The number of carbonyl (C=O) groups is 1. The van der Waals surface area contributed by atoms with Crippen LogP contribution in [0.25, 0.3) is 11.3 Å². The Morgan fingerprint density at radius 3 is 2.70 bits per heavy atom. The number of ether oxygens (including phenoxy) is 1. The zero-order valence-corrected chi connectivity index (χ0v) is 19.0. The Labute approximate surface area is 195 Å². The van der Waals surface area contributed by atoms with Crippen molar-refractivity contribution in [2.45, 2.75) is 17.7 Å². The maximum atomic E-state index is 14.3. The van der Waals surface area contributed by atoms with Gasteiger partial charge in [-0.25, -0.2) is 17.8 Å². The summed E-state index contributed by atoms with van der Waals surface area (Å²) in [5.41, 5.74) is 0.875. The van der Waals surface area contributed by atoms with Crippen LogP contribution in [-0.2, 0) is 26.0 Å². The number of morpholine rings is 1. The summed E-state index contributed by atoms with van der Waals surface area (Å²) in [6.07, 6.45) is 1.79. The fraction of sp³-hybridized carbons (Fsp3) is 0.273. The van der Waals surface area contributed by atoms with Gasteiger partial charge in [0.1, 0.15) is 10.7 Å². The van der Waals surface area contributed by atoms with Crippen molar-refractivity contribution in [3.63, 3.8) is 0 Å². The molecule has 1 amide bonds. The van der Waals surface area contributed by atoms with Crippen molar-refractivity contribution in [1.29, 1.82) is 0 Å². The molecular weight excluding hydrogens is 473 g/mol. The summed E-state index contributed by atoms with van der Waals surface area (Å²) in [4.78, 5) is 16.1. The molecule has 1 aromatic heterocycles. The van der Waals surface area contributed by atoms with E-state index in [0.29, 0.717) is 22.2 Å². The van der Waals surface area contributed by atoms with Crippen LogP contribution in [0.3, 0.4) is 0 Å². The maximum Gasteiger partial charge on any atom is 0.246 e. The van der Waals surface area contributed by atoms with Crippen molar-refractivity contribution in [1.82, 2.24) is 9.29 Å². The largest absolute Gasteiger partial charge is 0.441 e. The minimum atomic E-state index is -4.04. The fourth-order valence-corrected chi connectivity index (χ4v) is 5.09. The molecule has 0 unspecified atom stereocenters. The summed E-state index contributed by atoms with van der Waals surface area (Å²) >= 11 is 6.16. The quantitative estimate of drug-likeness (QED) is 0.538. The van der Waals surface area contributed by atoms with E-state index in [9.17, 15) is 17.6 Å². The number of benzene rings is 2. The van der Waals surface area contributed by atoms with Crippen LogP contribution in [0.4, 0.5) is 10.1 Å². The lowest BCUT2D eigenvalue weighted by atomic mass is 10.2. The smallest absolute Gasteiger partial charge is 0.246 e. The lowest BCUT2D eigenvalue weighted by Gasteiger charge is -2.26. The lowest BCUT2D eigenvalue weighted by molar-refractivity contribution is -0.116. The molecule has 2 aromatic carbocycles. The minimum absolute atomic E-state index is 0.0331. The molecule has 0 radical (unpaired) electrons. The number of hydrogen-bond donors (Lipinski definition) is 1. The Morgan fingerprint density at radius 2 is 1.94 bits per heavy atom. The molecule has 3 aromatic rings. The first kappa shape index (κ1) is 23.4. The molecule has 1 aliphatic heterocycles. The number of sulfonamides is 1. The average molecular weight is 494 g/mol. The molecule has 1 N–H and O–H groups in total. The third-order valence-electron chi connectivity index (χ3n) is 5.06. The third kappa shape index (κ3) is 5.41. The Bertz CT molecular complexity index is 1260. The van der Waals surface area contributed by atoms with Gasteiger partial charge in [0.15, 0.2) is 11.7 Å². The topological polar surface area (TPSA) is 102 Å². The van der Waals surface area contributed by atoms with E-state index in [1.807, 2.05) is 6.07 Å². The van der Waals surface area contributed by atoms with Crippen LogP contribution >= 0.6 is 11.6 Å². The fourth-order valence-electron chi connectivity index (χ4n) is 3.36. The SMILES string of the molecule is O=C(CCc1ncc(-c2ccccc2Cl)o1)Nc1ccc(F)c(S(=O)(=O)N2CCOCC2)c1. The molecular formula is C22H21ClFN3O5S. The van der Waals surface area contributed by atoms with Gasteiger partial charge in [-0.15, -0.1) is 0 Å². The van der Waals surface area contributed by atoms with E-state index in [1.165, 1.54) is 16.6 Å². The van der Waals surface area contributed by atoms with Crippen molar-refractivity contribution >= 4 is 33.2 Å². The molecule has 1 fully saturated rings. The molecule has 4 rings (SSSR count). The molecule has 8 nitrogen and oxygen atoms in total. The Kier molecular flexibility index (Phi) is 7.08. The first-order valence-electron chi connectivity index (χ1n) is 10.2. The second kappa shape index (κ2) is 10.0. The summed E-state index contributed by atoms with van der Waals surface area (Å²) in [7, 11) is -4.04. The number of carbonyl (C=O) groups excluding carboxylic acids is 1. The predicted octanol–water partition coefficient (Wildman–Crippen LogP) is 3.73. The van der Waals surface area contributed by atoms with Gasteiger partial charge in [-0.2, -0.15) is 4.31 Å². The first-order valence-corrected chi connectivity index (χ1v) is 12.0. The van der Waals surface area contributed by atoms with Gasteiger partial charge in [-0.05, 0) is 30.3 Å². The normalized spacial score (nSPS) is 14.8. The van der Waals surface area contributed by atoms with Gasteiger partial charge in [0.2, 0.25) is 15.9 Å². The Morgan fingerprint density at radius 1 is 1.18 bits per heavy atom. The number of anilines is 1. The van der Waals surface area contributed by atoms with Crippen LogP contribution in [0.1, 0.15) is 12.3 Å². The van der Waals surface area contributed by atoms with Crippen LogP contribution in [0.15, 0.2) is 58.0 Å². The van der Waals surface area contributed by atoms with E-state index in [1.54, 1.807) is 18.2 Å². The zero-order chi connectivity index (χ0) is 23.4. The van der Waals surface area contributed by atoms with Gasteiger partial charge >= 0.3 is 0 Å². The molecule has 11 heteroatoms. The van der Waals surface area contributed by atoms with Crippen molar-refractivity contribution < 1.29 is 26.8 Å². The van der Waals surface area contributed by atoms with E-state index < -0.39 is 26.6 Å². The second-order valence-corrected chi connectivity index (χ2v) is 9.62. The summed E-state index contributed by atoms with van der Waals surface area (Å²) in [5.74, 6) is -0.428. The van der Waals surface area contributed by atoms with Crippen LogP contribution in [0.5, 0.6) is 0 Å². The van der Waals surface area contributed by atoms with Crippen molar-refractivity contribution in [2.75, 3.05) is 31.6 Å². The van der Waals surface area contributed by atoms with E-state index in [-0.39, 0.29) is 44.8 Å². The third-order valence-corrected chi connectivity index (χ3v) is 7.30. The number of aryl methyl sites for hydroxylation is 1. The molecule has 1 saturated heterocycles. The number of amides is 1. The predicted molar refractivity (Wildman–Crippen MR) is 120 cm³/mol. The Balaban J connectivity index is 1.40. The molecule has 0 atom stereocenters. The molecule has 0 saturated carbocycles. The number of rotatable bonds is 7. The zero-order valence-electron chi connectivity index (χ0n) is 17.5. The summed E-state index contributed by atoms with van der Waals surface area (Å²) in [6, 6.07) is 10.6. The van der Waals surface area contributed by atoms with Gasteiger partial charge < -0.3 is 14.5 Å². The maximum absolute atomic E-state index is 14.3. The van der Waals surface area contributed by atoms with E-state index in [4.69, 9.17) is 20.8 Å². The highest BCUT2D eigenvalue weighted by atomic mass is 35.5. The van der Waals surface area contributed by atoms with Crippen molar-refractivity contribution in [3.8, 4) is 11.3 Å². The first-order chi connectivity index (χ1) is 15.8. The van der Waals surface area contributed by atoms with Crippen LogP contribution < -0.4 is 5.32 Å². The molecule has 174 valence electrons. The van der Waals surface area contributed by atoms with Crippen LogP contribution in [-0.4, -0.2) is 49.9 Å². The number of nitrogens with one attached hydrogen (secondary N) is 1. The van der Waals surface area contributed by atoms with Gasteiger partial charge in [0.05, 0.1) is 24.4 Å². The van der Waals surface area contributed by atoms with E-state index in [2.05, 4.69) is 10.3 Å². The van der Waals surface area contributed by atoms with Gasteiger partial charge in [0, 0.05) is 37.2 Å². The summed E-state index contributed by atoms with van der Waals surface area (Å²) < 4.78 is 51.9. The van der Waals surface area contributed by atoms with Crippen molar-refractivity contribution in [3.05, 3.63) is 65.4 Å². The second-order valence-electron chi connectivity index (χ2n) is 7.31. The lowest BCUT2D eigenvalue weighted by Crippen LogP contribution is -2.40. The molecule has 0 spiro atoms. The van der Waals surface area contributed by atoms with Crippen LogP contribution in [0.2, 0.25) is 5.02 Å². The number of aromatic nitrogens is 1. The molecule has 2 heterocycles. The standard InChI is InChI=1S/C22H21ClFN3O5S/c23-17-4-2-1-3-16(17)19-14-25-22(32-19)8-7-21(28)26-15-5-6-18(24)20(13-15)33(29,30)27-9-11-31-12-10-27/h1-6,13-14H,7-12H2,(H,26,28). The molecule has 0 bridgehead atoms. The highest BCUT2D eigenvalue weighted by Crippen LogP contribution is 2.28. The van der Waals surface area contributed by atoms with Gasteiger partial charge in [-0.3, -0.25) is 4.79 Å². The summed E-state index contributed by atoms with van der Waals surface area (Å²) in [5, 5.41) is 3.12. The Hall–Kier alpha value is -2.79. The van der Waals surface area contributed by atoms with E-state index >= 15 is 0 Å². The molecule has 1 aliphatic rings. The van der Waals surface area contributed by atoms with Crippen LogP contribution in [0, 0.1) is 5.82 Å². The number of hydrogen-bond acceptors (Lipinski definition) is 6. The highest BCUT2D eigenvalue weighted by molar-refractivity contribution is 7.89. The van der Waals surface area contributed by atoms with Crippen molar-refractivity contribution in [2.24, 2.45) is 0 Å². The molecule has 0 aliphatic carbocycles. The monoisotopic (exact) mass is 493 g/mol. The van der Waals surface area contributed by atoms with Gasteiger partial charge in [0.25, 0.3) is 0 Å². The summed E-state index contributed by atoms with van der Waals surface area (Å²) in [6.45, 7) is 0.780. The minimum Gasteiger partial charge on any atom is -0.441 e. The van der Waals surface area contributed by atoms with E-state index in [0.717, 1.165) is 12.1 Å². The molecule has 33 heavy (non-hydrogen) atoms. The number of halogens is 2. The average Bonchev–Trinajstić information content (AvgIpc) is 3.28. The van der Waals surface area contributed by atoms with Gasteiger partial charge in [-0.1, -0.05) is 23.7 Å². The number of nitrogens with zero attached hydrogens (tertiary/aromatic N) is 2. The number of oxazole rings is 1.